The third-order valence-electron chi connectivity index (χ3n) is 8.46. The number of anilines is 1. The predicted molar refractivity (Wildman–Crippen MR) is 164 cm³/mol. The maximum absolute atomic E-state index is 10.7. The Bertz CT molecular complexity index is 942. The summed E-state index contributed by atoms with van der Waals surface area (Å²) < 4.78 is 13.7. The third-order valence-corrected chi connectivity index (χ3v) is 8.46. The first-order chi connectivity index (χ1) is 20.2. The highest BCUT2D eigenvalue weighted by Gasteiger charge is 2.45. The Kier molecular flexibility index (Phi) is 16.6. The van der Waals surface area contributed by atoms with Crippen molar-refractivity contribution in [2.24, 2.45) is 0 Å². The topological polar surface area (TPSA) is 129 Å². The van der Waals surface area contributed by atoms with Gasteiger partial charge < -0.3 is 25.4 Å². The van der Waals surface area contributed by atoms with E-state index in [-0.39, 0.29) is 12.4 Å². The number of rotatable bonds is 24. The number of aromatic nitrogens is 4. The van der Waals surface area contributed by atoms with Gasteiger partial charge in [0.2, 0.25) is 0 Å². The van der Waals surface area contributed by atoms with Gasteiger partial charge in [0.25, 0.3) is 0 Å². The van der Waals surface area contributed by atoms with Gasteiger partial charge in [-0.25, -0.2) is 15.0 Å². The molecule has 2 unspecified atom stereocenters. The summed E-state index contributed by atoms with van der Waals surface area (Å²) in [4.78, 5) is 12.6. The normalized spacial score (nSPS) is 20.9. The summed E-state index contributed by atoms with van der Waals surface area (Å²) in [6.07, 6.45) is 27.0. The molecule has 0 radical (unpaired) electrons. The van der Waals surface area contributed by atoms with Gasteiger partial charge in [0.1, 0.15) is 30.2 Å². The van der Waals surface area contributed by atoms with Crippen LogP contribution in [0.2, 0.25) is 0 Å². The van der Waals surface area contributed by atoms with Crippen LogP contribution in [0.3, 0.4) is 0 Å². The molecule has 2 aromatic rings. The molecule has 0 aromatic carbocycles. The van der Waals surface area contributed by atoms with Crippen molar-refractivity contribution >= 4 is 17.0 Å². The fourth-order valence-electron chi connectivity index (χ4n) is 5.91. The van der Waals surface area contributed by atoms with Crippen molar-refractivity contribution in [2.45, 2.75) is 160 Å². The molecule has 0 bridgehead atoms. The molecule has 41 heavy (non-hydrogen) atoms. The Balaban J connectivity index is 1.17. The molecule has 3 rings (SSSR count). The van der Waals surface area contributed by atoms with E-state index in [9.17, 15) is 10.2 Å². The number of ether oxygens (including phenoxy) is 2. The fraction of sp³-hybridized carbons (Fsp3) is 0.844. The lowest BCUT2D eigenvalue weighted by Gasteiger charge is -2.22. The third kappa shape index (κ3) is 11.4. The Hall–Kier alpha value is -1.81. The SMILES string of the molecule is CCCCCCCCCCCCCCCCCCCCCCOC1C(O)[C@@H](CO)O[C@H]1n1cnc2c(N)ncnc21. The van der Waals surface area contributed by atoms with E-state index in [1.807, 2.05) is 0 Å². The number of aliphatic hydroxyl groups excluding tert-OH is 2. The van der Waals surface area contributed by atoms with Crippen LogP contribution in [0.1, 0.15) is 142 Å². The molecule has 3 heterocycles. The number of aliphatic hydroxyl groups is 2. The molecule has 0 saturated carbocycles. The van der Waals surface area contributed by atoms with Crippen LogP contribution < -0.4 is 5.73 Å². The van der Waals surface area contributed by atoms with Crippen molar-refractivity contribution in [2.75, 3.05) is 18.9 Å². The van der Waals surface area contributed by atoms with E-state index in [1.165, 1.54) is 122 Å². The van der Waals surface area contributed by atoms with Crippen LogP contribution in [0.5, 0.6) is 0 Å². The van der Waals surface area contributed by atoms with Gasteiger partial charge in [-0.3, -0.25) is 4.57 Å². The van der Waals surface area contributed by atoms with Gasteiger partial charge in [-0.2, -0.15) is 0 Å². The van der Waals surface area contributed by atoms with Crippen LogP contribution in [0.25, 0.3) is 11.2 Å². The van der Waals surface area contributed by atoms with Crippen molar-refractivity contribution in [3.63, 3.8) is 0 Å². The molecular formula is C32H57N5O4. The molecule has 9 heteroatoms. The second-order valence-electron chi connectivity index (χ2n) is 11.9. The van der Waals surface area contributed by atoms with Gasteiger partial charge in [0.15, 0.2) is 17.7 Å². The highest BCUT2D eigenvalue weighted by Crippen LogP contribution is 2.34. The summed E-state index contributed by atoms with van der Waals surface area (Å²) in [5.74, 6) is 0.285. The molecule has 2 aromatic heterocycles. The first-order valence-electron chi connectivity index (χ1n) is 16.7. The van der Waals surface area contributed by atoms with Crippen LogP contribution in [-0.4, -0.2) is 61.3 Å². The summed E-state index contributed by atoms with van der Waals surface area (Å²) in [5.41, 5.74) is 6.91. The van der Waals surface area contributed by atoms with Gasteiger partial charge >= 0.3 is 0 Å². The minimum atomic E-state index is -0.938. The first-order valence-corrected chi connectivity index (χ1v) is 16.7. The average Bonchev–Trinajstić information content (AvgIpc) is 3.55. The molecule has 1 aliphatic rings. The van der Waals surface area contributed by atoms with Gasteiger partial charge in [0.05, 0.1) is 12.9 Å². The Morgan fingerprint density at radius 3 is 1.80 bits per heavy atom. The zero-order valence-corrected chi connectivity index (χ0v) is 25.6. The lowest BCUT2D eigenvalue weighted by molar-refractivity contribution is -0.0711. The summed E-state index contributed by atoms with van der Waals surface area (Å²) in [7, 11) is 0. The molecule has 1 fully saturated rings. The smallest absolute Gasteiger partial charge is 0.167 e. The Morgan fingerprint density at radius 2 is 1.29 bits per heavy atom. The second-order valence-corrected chi connectivity index (χ2v) is 11.9. The van der Waals surface area contributed by atoms with Crippen LogP contribution in [-0.2, 0) is 9.47 Å². The lowest BCUT2D eigenvalue weighted by atomic mass is 10.0. The minimum Gasteiger partial charge on any atom is -0.394 e. The Morgan fingerprint density at radius 1 is 0.780 bits per heavy atom. The number of fused-ring (bicyclic) bond motifs is 1. The van der Waals surface area contributed by atoms with E-state index in [0.29, 0.717) is 17.8 Å². The van der Waals surface area contributed by atoms with E-state index >= 15 is 0 Å². The zero-order valence-electron chi connectivity index (χ0n) is 25.6. The van der Waals surface area contributed by atoms with Crippen LogP contribution >= 0.6 is 0 Å². The second kappa shape index (κ2) is 20.2. The monoisotopic (exact) mass is 575 g/mol. The number of nitrogen functional groups attached to an aromatic ring is 1. The number of nitrogens with zero attached hydrogens (tertiary/aromatic N) is 4. The molecule has 234 valence electrons. The molecule has 0 spiro atoms. The van der Waals surface area contributed by atoms with E-state index in [4.69, 9.17) is 15.2 Å². The van der Waals surface area contributed by atoms with Crippen LogP contribution in [0, 0.1) is 0 Å². The van der Waals surface area contributed by atoms with Gasteiger partial charge in [-0.1, -0.05) is 129 Å². The van der Waals surface area contributed by atoms with E-state index in [1.54, 1.807) is 10.9 Å². The Labute approximate surface area is 247 Å². The fourth-order valence-corrected chi connectivity index (χ4v) is 5.91. The number of hydrogen-bond acceptors (Lipinski definition) is 8. The van der Waals surface area contributed by atoms with E-state index in [2.05, 4.69) is 21.9 Å². The summed E-state index contributed by atoms with van der Waals surface area (Å²) in [6.45, 7) is 2.52. The number of hydrogen-bond donors (Lipinski definition) is 3. The maximum Gasteiger partial charge on any atom is 0.167 e. The lowest BCUT2D eigenvalue weighted by Crippen LogP contribution is -2.35. The summed E-state index contributed by atoms with van der Waals surface area (Å²) >= 11 is 0. The standard InChI is InChI=1S/C32H57N5O4/c1-2-3-4-5-6-7-8-9-10-11-12-13-14-15-16-17-18-19-20-21-22-40-29-28(39)26(23-38)41-32(29)37-25-36-27-30(33)34-24-35-31(27)37/h24-26,28-29,32,38-39H,2-23H2,1H3,(H2,33,34,35)/t26-,28?,29?,32-/m1/s1. The number of imidazole rings is 1. The van der Waals surface area contributed by atoms with Gasteiger partial charge in [-0.05, 0) is 6.42 Å². The molecule has 4 atom stereocenters. The largest absolute Gasteiger partial charge is 0.394 e. The van der Waals surface area contributed by atoms with E-state index < -0.39 is 24.5 Å². The molecule has 1 aliphatic heterocycles. The number of unbranched alkanes of at least 4 members (excludes halogenated alkanes) is 19. The first kappa shape index (κ1) is 33.7. The van der Waals surface area contributed by atoms with Crippen LogP contribution in [0.4, 0.5) is 5.82 Å². The zero-order chi connectivity index (χ0) is 29.1. The minimum absolute atomic E-state index is 0.285. The van der Waals surface area contributed by atoms with Gasteiger partial charge in [-0.15, -0.1) is 0 Å². The average molecular weight is 576 g/mol. The summed E-state index contributed by atoms with van der Waals surface area (Å²) in [5, 5.41) is 20.4. The van der Waals surface area contributed by atoms with Crippen molar-refractivity contribution in [3.8, 4) is 0 Å². The molecular weight excluding hydrogens is 518 g/mol. The highest BCUT2D eigenvalue weighted by molar-refractivity contribution is 5.81. The molecule has 0 amide bonds. The van der Waals surface area contributed by atoms with Gasteiger partial charge in [0, 0.05) is 6.61 Å². The molecule has 0 aliphatic carbocycles. The quantitative estimate of drug-likeness (QED) is 0.116. The van der Waals surface area contributed by atoms with Crippen molar-refractivity contribution in [1.29, 1.82) is 0 Å². The van der Waals surface area contributed by atoms with Crippen LogP contribution in [0.15, 0.2) is 12.7 Å². The molecule has 4 N–H and O–H groups in total. The maximum atomic E-state index is 10.7. The summed E-state index contributed by atoms with van der Waals surface area (Å²) in [6, 6.07) is 0. The predicted octanol–water partition coefficient (Wildman–Crippen LogP) is 6.87. The van der Waals surface area contributed by atoms with E-state index in [0.717, 1.165) is 12.8 Å². The molecule has 1 saturated heterocycles. The highest BCUT2D eigenvalue weighted by atomic mass is 16.6. The van der Waals surface area contributed by atoms with Crippen molar-refractivity contribution in [3.05, 3.63) is 12.7 Å². The molecule has 9 nitrogen and oxygen atoms in total. The number of nitrogens with two attached hydrogens (primary N) is 1. The van der Waals surface area contributed by atoms with Crippen molar-refractivity contribution in [1.82, 2.24) is 19.5 Å². The van der Waals surface area contributed by atoms with Crippen molar-refractivity contribution < 1.29 is 19.7 Å².